The van der Waals surface area contributed by atoms with Gasteiger partial charge in [0.2, 0.25) is 5.91 Å². The molecule has 1 aliphatic carbocycles. The predicted octanol–water partition coefficient (Wildman–Crippen LogP) is 3.81. The number of aromatic nitrogens is 1. The zero-order valence-corrected chi connectivity index (χ0v) is 18.3. The van der Waals surface area contributed by atoms with Gasteiger partial charge in [0.05, 0.1) is 17.4 Å². The molecule has 1 saturated carbocycles. The summed E-state index contributed by atoms with van der Waals surface area (Å²) in [6.45, 7) is 0.975. The van der Waals surface area contributed by atoms with Crippen molar-refractivity contribution in [3.8, 4) is 5.75 Å². The van der Waals surface area contributed by atoms with Crippen molar-refractivity contribution < 1.29 is 28.2 Å². The third-order valence-electron chi connectivity index (χ3n) is 5.67. The molecule has 1 aliphatic heterocycles. The number of β-amino-alcohol motifs (C(OH)–C–C–N with tert-alkyl or cyclic N) is 1. The van der Waals surface area contributed by atoms with Gasteiger partial charge >= 0.3 is 5.57 Å². The minimum absolute atomic E-state index is 0.0550. The Morgan fingerprint density at radius 1 is 1.18 bits per heavy atom. The summed E-state index contributed by atoms with van der Waals surface area (Å²) in [5, 5.41) is 15.4. The van der Waals surface area contributed by atoms with Crippen molar-refractivity contribution in [3.05, 3.63) is 42.1 Å². The number of pyridine rings is 1. The van der Waals surface area contributed by atoms with E-state index in [1.54, 1.807) is 6.07 Å². The average Bonchev–Trinajstić information content (AvgIpc) is 3.13. The SMILES string of the molecule is O=C(Nc1ccc(OC(F)(F)Cl)cc1)c1cnc(N2CC[C@@H](O)C2)c(NC(=O)C2CCC2)c1. The number of amides is 2. The highest BCUT2D eigenvalue weighted by Crippen LogP contribution is 2.32. The number of hydrogen-bond donors (Lipinski definition) is 3. The summed E-state index contributed by atoms with van der Waals surface area (Å²) < 4.78 is 29.7. The molecule has 1 aromatic carbocycles. The Hall–Kier alpha value is -2.98. The van der Waals surface area contributed by atoms with Crippen LogP contribution in [-0.4, -0.2) is 46.7 Å². The number of hydrogen-bond acceptors (Lipinski definition) is 6. The van der Waals surface area contributed by atoms with Gasteiger partial charge in [-0.05, 0) is 49.6 Å². The summed E-state index contributed by atoms with van der Waals surface area (Å²) in [7, 11) is 0. The smallest absolute Gasteiger partial charge is 0.420 e. The van der Waals surface area contributed by atoms with Crippen LogP contribution in [-0.2, 0) is 4.79 Å². The molecule has 2 heterocycles. The lowest BCUT2D eigenvalue weighted by Crippen LogP contribution is -2.30. The van der Waals surface area contributed by atoms with Crippen molar-refractivity contribution >= 4 is 40.6 Å². The summed E-state index contributed by atoms with van der Waals surface area (Å²) in [5.74, 6) is -0.327. The van der Waals surface area contributed by atoms with Crippen molar-refractivity contribution in [3.63, 3.8) is 0 Å². The second-order valence-corrected chi connectivity index (χ2v) is 8.57. The molecule has 1 saturated heterocycles. The summed E-state index contributed by atoms with van der Waals surface area (Å²) in [4.78, 5) is 31.6. The van der Waals surface area contributed by atoms with Gasteiger partial charge in [-0.15, -0.1) is 8.78 Å². The Kier molecular flexibility index (Phi) is 6.66. The molecule has 2 amide bonds. The number of alkyl halides is 3. The first-order chi connectivity index (χ1) is 15.7. The molecule has 8 nitrogen and oxygen atoms in total. The molecule has 176 valence electrons. The van der Waals surface area contributed by atoms with Crippen LogP contribution >= 0.6 is 11.6 Å². The monoisotopic (exact) mass is 480 g/mol. The normalized spacial score (nSPS) is 18.5. The van der Waals surface area contributed by atoms with Gasteiger partial charge < -0.3 is 25.4 Å². The number of nitrogens with one attached hydrogen (secondary N) is 2. The molecule has 4 rings (SSSR count). The molecule has 0 unspecified atom stereocenters. The number of carbonyl (C=O) groups excluding carboxylic acids is 2. The van der Waals surface area contributed by atoms with E-state index in [4.69, 9.17) is 11.6 Å². The van der Waals surface area contributed by atoms with Gasteiger partial charge in [-0.3, -0.25) is 9.59 Å². The van der Waals surface area contributed by atoms with Gasteiger partial charge in [0, 0.05) is 42.5 Å². The number of anilines is 3. The molecule has 0 spiro atoms. The topological polar surface area (TPSA) is 104 Å². The number of rotatable bonds is 7. The maximum absolute atomic E-state index is 12.8. The first-order valence-electron chi connectivity index (χ1n) is 10.6. The Balaban J connectivity index is 1.51. The Bertz CT molecular complexity index is 1030. The third-order valence-corrected chi connectivity index (χ3v) is 5.75. The first kappa shape index (κ1) is 23.2. The van der Waals surface area contributed by atoms with Crippen LogP contribution in [0.1, 0.15) is 36.0 Å². The highest BCUT2D eigenvalue weighted by atomic mass is 35.5. The molecule has 0 bridgehead atoms. The number of nitrogens with zero attached hydrogens (tertiary/aromatic N) is 2. The van der Waals surface area contributed by atoms with Crippen LogP contribution in [0.3, 0.4) is 0 Å². The van der Waals surface area contributed by atoms with E-state index >= 15 is 0 Å². The van der Waals surface area contributed by atoms with Gasteiger partial charge in [-0.2, -0.15) is 0 Å². The van der Waals surface area contributed by atoms with Crippen molar-refractivity contribution in [1.82, 2.24) is 4.98 Å². The molecular formula is C22H23ClF2N4O4. The molecule has 2 fully saturated rings. The quantitative estimate of drug-likeness (QED) is 0.521. The number of halogens is 3. The van der Waals surface area contributed by atoms with E-state index in [0.29, 0.717) is 36.7 Å². The Morgan fingerprint density at radius 3 is 2.48 bits per heavy atom. The molecule has 33 heavy (non-hydrogen) atoms. The molecule has 1 aromatic heterocycles. The lowest BCUT2D eigenvalue weighted by Gasteiger charge is -2.26. The lowest BCUT2D eigenvalue weighted by molar-refractivity contribution is -0.122. The predicted molar refractivity (Wildman–Crippen MR) is 119 cm³/mol. The summed E-state index contributed by atoms with van der Waals surface area (Å²) in [6.07, 6.45) is 4.17. The highest BCUT2D eigenvalue weighted by molar-refractivity contribution is 6.20. The van der Waals surface area contributed by atoms with E-state index < -0.39 is 17.6 Å². The van der Waals surface area contributed by atoms with Crippen LogP contribution in [0.2, 0.25) is 0 Å². The second kappa shape index (κ2) is 9.48. The molecule has 2 aliphatic rings. The standard InChI is InChI=1S/C22H23ClF2N4O4/c23-22(24,25)33-17-6-4-15(5-7-17)27-21(32)14-10-18(28-20(31)13-2-1-3-13)19(26-11-14)29-9-8-16(30)12-29/h4-7,10-11,13,16,30H,1-3,8-9,12H2,(H,27,32)(H,28,31)/t16-/m1/s1. The van der Waals surface area contributed by atoms with Crippen LogP contribution in [0.4, 0.5) is 26.0 Å². The maximum Gasteiger partial charge on any atom is 0.487 e. The average molecular weight is 481 g/mol. The van der Waals surface area contributed by atoms with E-state index in [2.05, 4.69) is 20.4 Å². The van der Waals surface area contributed by atoms with Gasteiger partial charge in [-0.1, -0.05) is 6.42 Å². The third kappa shape index (κ3) is 5.88. The molecular weight excluding hydrogens is 458 g/mol. The van der Waals surface area contributed by atoms with Crippen LogP contribution in [0.5, 0.6) is 5.75 Å². The van der Waals surface area contributed by atoms with Gasteiger partial charge in [0.25, 0.3) is 5.91 Å². The van der Waals surface area contributed by atoms with Crippen LogP contribution in [0.15, 0.2) is 36.5 Å². The summed E-state index contributed by atoms with van der Waals surface area (Å²) >= 11 is 4.74. The molecule has 11 heteroatoms. The Labute approximate surface area is 193 Å². The number of aliphatic hydroxyl groups is 1. The maximum atomic E-state index is 12.8. The van der Waals surface area contributed by atoms with E-state index in [0.717, 1.165) is 19.3 Å². The van der Waals surface area contributed by atoms with Crippen LogP contribution in [0.25, 0.3) is 0 Å². The summed E-state index contributed by atoms with van der Waals surface area (Å²) in [5.41, 5.74) is -2.88. The van der Waals surface area contributed by atoms with Crippen molar-refractivity contribution in [2.75, 3.05) is 28.6 Å². The Morgan fingerprint density at radius 2 is 1.91 bits per heavy atom. The van der Waals surface area contributed by atoms with Crippen molar-refractivity contribution in [2.24, 2.45) is 5.92 Å². The van der Waals surface area contributed by atoms with Gasteiger partial charge in [0.15, 0.2) is 5.82 Å². The van der Waals surface area contributed by atoms with E-state index in [9.17, 15) is 23.5 Å². The van der Waals surface area contributed by atoms with E-state index in [-0.39, 0.29) is 23.1 Å². The van der Waals surface area contributed by atoms with Crippen molar-refractivity contribution in [2.45, 2.75) is 37.4 Å². The van der Waals surface area contributed by atoms with Gasteiger partial charge in [-0.25, -0.2) is 4.98 Å². The zero-order chi connectivity index (χ0) is 23.6. The molecule has 3 N–H and O–H groups in total. The molecule has 1 atom stereocenters. The second-order valence-electron chi connectivity index (χ2n) is 8.13. The van der Waals surface area contributed by atoms with Crippen LogP contribution in [0, 0.1) is 5.92 Å². The zero-order valence-electron chi connectivity index (χ0n) is 17.6. The number of aliphatic hydroxyl groups excluding tert-OH is 1. The first-order valence-corrected chi connectivity index (χ1v) is 11.0. The van der Waals surface area contributed by atoms with Crippen LogP contribution < -0.4 is 20.3 Å². The molecule has 2 aromatic rings. The fourth-order valence-electron chi connectivity index (χ4n) is 3.71. The highest BCUT2D eigenvalue weighted by Gasteiger charge is 2.29. The largest absolute Gasteiger partial charge is 0.487 e. The number of benzene rings is 1. The summed E-state index contributed by atoms with van der Waals surface area (Å²) in [6, 6.07) is 6.82. The molecule has 0 radical (unpaired) electrons. The lowest BCUT2D eigenvalue weighted by atomic mass is 9.85. The number of carbonyl (C=O) groups is 2. The van der Waals surface area contributed by atoms with Crippen molar-refractivity contribution in [1.29, 1.82) is 0 Å². The fraction of sp³-hybridized carbons (Fsp3) is 0.409. The van der Waals surface area contributed by atoms with Gasteiger partial charge in [0.1, 0.15) is 5.75 Å². The van der Waals surface area contributed by atoms with E-state index in [1.165, 1.54) is 30.5 Å². The number of ether oxygens (including phenoxy) is 1. The minimum atomic E-state index is -3.83. The van der Waals surface area contributed by atoms with E-state index in [1.807, 2.05) is 4.90 Å². The minimum Gasteiger partial charge on any atom is -0.420 e. The fourth-order valence-corrected chi connectivity index (χ4v) is 3.80.